The van der Waals surface area contributed by atoms with Gasteiger partial charge in [-0.25, -0.2) is 13.4 Å². The van der Waals surface area contributed by atoms with Crippen molar-refractivity contribution in [1.29, 1.82) is 0 Å². The average Bonchev–Trinajstić information content (AvgIpc) is 2.88. The van der Waals surface area contributed by atoms with Crippen molar-refractivity contribution in [2.75, 3.05) is 24.3 Å². The lowest BCUT2D eigenvalue weighted by Crippen LogP contribution is -2.43. The summed E-state index contributed by atoms with van der Waals surface area (Å²) in [5.41, 5.74) is 0.387. The third-order valence-corrected chi connectivity index (χ3v) is 8.47. The van der Waals surface area contributed by atoms with Crippen LogP contribution in [0.5, 0.6) is 5.75 Å². The first-order valence-electron chi connectivity index (χ1n) is 12.0. The van der Waals surface area contributed by atoms with Gasteiger partial charge in [0.15, 0.2) is 15.7 Å². The van der Waals surface area contributed by atoms with E-state index in [1.807, 2.05) is 5.32 Å². The van der Waals surface area contributed by atoms with Crippen molar-refractivity contribution in [3.8, 4) is 5.75 Å². The minimum Gasteiger partial charge on any atom is -0.495 e. The van der Waals surface area contributed by atoms with Crippen LogP contribution in [0.15, 0.2) is 53.6 Å². The molecule has 216 valence electrons. The van der Waals surface area contributed by atoms with E-state index < -0.39 is 32.6 Å². The van der Waals surface area contributed by atoms with Gasteiger partial charge in [0.1, 0.15) is 10.8 Å². The highest BCUT2D eigenvalue weighted by Crippen LogP contribution is 2.34. The van der Waals surface area contributed by atoms with Gasteiger partial charge >= 0.3 is 12.1 Å². The molecule has 3 aromatic rings. The van der Waals surface area contributed by atoms with Crippen molar-refractivity contribution < 1.29 is 31.1 Å². The number of nitrogens with zero attached hydrogens (tertiary/aromatic N) is 2. The smallest absolute Gasteiger partial charge is 0.471 e. The lowest BCUT2D eigenvalue weighted by atomic mass is 9.84. The molecular weight excluding hydrogens is 571 g/mol. The summed E-state index contributed by atoms with van der Waals surface area (Å²) < 4.78 is 69.0. The summed E-state index contributed by atoms with van der Waals surface area (Å²) in [5.74, 6) is -1.42. The quantitative estimate of drug-likeness (QED) is 0.269. The van der Waals surface area contributed by atoms with Gasteiger partial charge in [0.2, 0.25) is 5.95 Å². The van der Waals surface area contributed by atoms with E-state index in [1.165, 1.54) is 19.4 Å². The number of ether oxygens (including phenoxy) is 1. The highest BCUT2D eigenvalue weighted by Gasteiger charge is 2.39. The van der Waals surface area contributed by atoms with Crippen molar-refractivity contribution >= 4 is 50.5 Å². The average molecular weight is 600 g/mol. The number of hydrogen-bond donors (Lipinski definition) is 3. The zero-order valence-electron chi connectivity index (χ0n) is 22.4. The Bertz CT molecular complexity index is 1500. The first kappa shape index (κ1) is 31.0. The van der Waals surface area contributed by atoms with E-state index in [1.54, 1.807) is 64.1 Å². The number of aromatic nitrogens is 2. The molecular formula is C26H29ClF3N5O4S. The topological polar surface area (TPSA) is 122 Å². The van der Waals surface area contributed by atoms with Gasteiger partial charge in [-0.2, -0.15) is 18.2 Å². The third kappa shape index (κ3) is 7.13. The molecule has 1 heterocycles. The Balaban J connectivity index is 1.91. The summed E-state index contributed by atoms with van der Waals surface area (Å²) in [5, 5.41) is 7.36. The Morgan fingerprint density at radius 2 is 1.75 bits per heavy atom. The molecule has 0 aliphatic carbocycles. The van der Waals surface area contributed by atoms with Gasteiger partial charge in [0.25, 0.3) is 0 Å². The monoisotopic (exact) mass is 599 g/mol. The highest BCUT2D eigenvalue weighted by molar-refractivity contribution is 7.92. The van der Waals surface area contributed by atoms with Crippen LogP contribution < -0.4 is 20.7 Å². The molecule has 0 unspecified atom stereocenters. The van der Waals surface area contributed by atoms with Gasteiger partial charge in [0, 0.05) is 12.0 Å². The fraction of sp³-hybridized carbons (Fsp3) is 0.346. The summed E-state index contributed by atoms with van der Waals surface area (Å²) >= 11 is 6.31. The van der Waals surface area contributed by atoms with Gasteiger partial charge in [-0.3, -0.25) is 4.79 Å². The normalized spacial score (nSPS) is 12.2. The second-order valence-corrected chi connectivity index (χ2v) is 12.6. The molecule has 2 aromatic carbocycles. The number of carbonyl (C=O) groups excluding carboxylic acids is 1. The lowest BCUT2D eigenvalue weighted by molar-refractivity contribution is -0.173. The SMILES string of the molecule is COc1ccc(C(C)(C)CNC(=O)C(F)(F)F)cc1Nc1ncc(Cl)c(Nc2ccccc2S(=O)(=O)C(C)C)n1. The molecule has 14 heteroatoms. The van der Waals surface area contributed by atoms with Crippen LogP contribution in [0.2, 0.25) is 5.02 Å². The Morgan fingerprint density at radius 1 is 1.07 bits per heavy atom. The van der Waals surface area contributed by atoms with Gasteiger partial charge in [-0.15, -0.1) is 0 Å². The van der Waals surface area contributed by atoms with Crippen LogP contribution in [0, 0.1) is 0 Å². The lowest BCUT2D eigenvalue weighted by Gasteiger charge is -2.27. The molecule has 0 bridgehead atoms. The Hall–Kier alpha value is -3.58. The van der Waals surface area contributed by atoms with E-state index in [4.69, 9.17) is 16.3 Å². The zero-order valence-corrected chi connectivity index (χ0v) is 23.9. The molecule has 0 saturated heterocycles. The second kappa shape index (κ2) is 11.9. The van der Waals surface area contributed by atoms with Crippen molar-refractivity contribution in [2.45, 2.75) is 49.4 Å². The maximum absolute atomic E-state index is 12.8. The number of benzene rings is 2. The number of halogens is 4. The number of hydrogen-bond acceptors (Lipinski definition) is 8. The predicted octanol–water partition coefficient (Wildman–Crippen LogP) is 5.76. The molecule has 0 fully saturated rings. The van der Waals surface area contributed by atoms with Crippen molar-refractivity contribution in [3.05, 3.63) is 59.2 Å². The fourth-order valence-electron chi connectivity index (χ4n) is 3.57. The third-order valence-electron chi connectivity index (χ3n) is 5.99. The number of rotatable bonds is 10. The summed E-state index contributed by atoms with van der Waals surface area (Å²) in [4.78, 5) is 20.0. The molecule has 0 saturated carbocycles. The molecule has 9 nitrogen and oxygen atoms in total. The summed E-state index contributed by atoms with van der Waals surface area (Å²) in [6.07, 6.45) is -3.66. The molecule has 3 rings (SSSR count). The number of para-hydroxylation sites is 1. The van der Waals surface area contributed by atoms with Crippen molar-refractivity contribution in [1.82, 2.24) is 15.3 Å². The van der Waals surface area contributed by atoms with Crippen LogP contribution in [0.25, 0.3) is 0 Å². The summed E-state index contributed by atoms with van der Waals surface area (Å²) in [6.45, 7) is 6.25. The standard InChI is InChI=1S/C26H29ClF3N5O4S/c1-15(2)40(37,38)21-9-7-6-8-18(21)33-22-17(27)13-31-24(35-22)34-19-12-16(10-11-20(19)39-5)25(3,4)14-32-23(36)26(28,29)30/h6-13,15H,14H2,1-5H3,(H,32,36)(H2,31,33,34,35). The number of alkyl halides is 3. The van der Waals surface area contributed by atoms with Crippen LogP contribution in [0.1, 0.15) is 33.3 Å². The van der Waals surface area contributed by atoms with E-state index in [2.05, 4.69) is 20.6 Å². The number of nitrogens with one attached hydrogen (secondary N) is 3. The molecule has 40 heavy (non-hydrogen) atoms. The minimum absolute atomic E-state index is 0.0785. The Labute approximate surface area is 235 Å². The molecule has 0 atom stereocenters. The number of carbonyl (C=O) groups is 1. The number of amides is 1. The van der Waals surface area contributed by atoms with Crippen LogP contribution in [-0.2, 0) is 20.0 Å². The molecule has 0 radical (unpaired) electrons. The van der Waals surface area contributed by atoms with Crippen LogP contribution in [-0.4, -0.2) is 49.4 Å². The maximum Gasteiger partial charge on any atom is 0.471 e. The van der Waals surface area contributed by atoms with Crippen molar-refractivity contribution in [3.63, 3.8) is 0 Å². The molecule has 0 aliphatic rings. The van der Waals surface area contributed by atoms with Gasteiger partial charge in [-0.1, -0.05) is 43.6 Å². The number of anilines is 4. The first-order chi connectivity index (χ1) is 18.6. The molecule has 0 spiro atoms. The second-order valence-electron chi connectivity index (χ2n) is 9.71. The van der Waals surface area contributed by atoms with Crippen LogP contribution in [0.4, 0.5) is 36.3 Å². The van der Waals surface area contributed by atoms with Gasteiger partial charge in [-0.05, 0) is 43.7 Å². The Morgan fingerprint density at radius 3 is 2.38 bits per heavy atom. The molecule has 1 amide bonds. The largest absolute Gasteiger partial charge is 0.495 e. The fourth-order valence-corrected chi connectivity index (χ4v) is 4.91. The van der Waals surface area contributed by atoms with E-state index in [0.29, 0.717) is 17.0 Å². The van der Waals surface area contributed by atoms with E-state index in [0.717, 1.165) is 0 Å². The van der Waals surface area contributed by atoms with Gasteiger partial charge in [0.05, 0.1) is 34.8 Å². The summed E-state index contributed by atoms with van der Waals surface area (Å²) in [6, 6.07) is 11.3. The van der Waals surface area contributed by atoms with Gasteiger partial charge < -0.3 is 20.7 Å². The van der Waals surface area contributed by atoms with Crippen LogP contribution >= 0.6 is 11.6 Å². The predicted molar refractivity (Wildman–Crippen MR) is 147 cm³/mol. The maximum atomic E-state index is 12.8. The Kier molecular flexibility index (Phi) is 9.20. The minimum atomic E-state index is -4.99. The molecule has 0 aliphatic heterocycles. The van der Waals surface area contributed by atoms with E-state index in [9.17, 15) is 26.4 Å². The number of methoxy groups -OCH3 is 1. The first-order valence-corrected chi connectivity index (χ1v) is 13.9. The van der Waals surface area contributed by atoms with Crippen LogP contribution in [0.3, 0.4) is 0 Å². The number of sulfone groups is 1. The molecule has 3 N–H and O–H groups in total. The molecule has 1 aromatic heterocycles. The van der Waals surface area contributed by atoms with E-state index in [-0.39, 0.29) is 33.9 Å². The van der Waals surface area contributed by atoms with Crippen molar-refractivity contribution in [2.24, 2.45) is 0 Å². The summed E-state index contributed by atoms with van der Waals surface area (Å²) in [7, 11) is -2.17. The zero-order chi connectivity index (χ0) is 29.9. The highest BCUT2D eigenvalue weighted by atomic mass is 35.5. The van der Waals surface area contributed by atoms with E-state index >= 15 is 0 Å².